The van der Waals surface area contributed by atoms with Gasteiger partial charge < -0.3 is 50.2 Å². The van der Waals surface area contributed by atoms with Gasteiger partial charge in [-0.1, -0.05) is 41.5 Å². The second-order valence-corrected chi connectivity index (χ2v) is 15.8. The van der Waals surface area contributed by atoms with E-state index in [1.54, 1.807) is 0 Å². The van der Waals surface area contributed by atoms with Crippen molar-refractivity contribution in [3.8, 4) is 6.07 Å². The third-order valence-corrected chi connectivity index (χ3v) is 7.26. The zero-order valence-corrected chi connectivity index (χ0v) is 36.0. The molecule has 0 radical (unpaired) electrons. The number of unbranched alkanes of at least 4 members (excludes halogenated alkanes) is 2. The van der Waals surface area contributed by atoms with E-state index in [4.69, 9.17) is 24.2 Å². The number of amides is 3. The Balaban J connectivity index is -0.000000863. The molecule has 0 saturated carbocycles. The quantitative estimate of drug-likeness (QED) is 0.105. The molecule has 1 aliphatic rings. The van der Waals surface area contributed by atoms with E-state index in [-0.39, 0.29) is 29.9 Å². The van der Waals surface area contributed by atoms with Crippen LogP contribution in [0.5, 0.6) is 0 Å². The number of ether oxygens (including phenoxy) is 4. The van der Waals surface area contributed by atoms with E-state index in [2.05, 4.69) is 22.0 Å². The number of carbonyl (C=O) groups is 3. The molecular formula is C39H78N4O10. The lowest BCUT2D eigenvalue weighted by molar-refractivity contribution is -0.315. The average Bonchev–Trinajstić information content (AvgIpc) is 3.06. The summed E-state index contributed by atoms with van der Waals surface area (Å²) in [4.78, 5) is 34.6. The van der Waals surface area contributed by atoms with Crippen molar-refractivity contribution in [3.63, 3.8) is 0 Å². The largest absolute Gasteiger partial charge is 0.388 e. The molecule has 0 bridgehead atoms. The second-order valence-electron chi connectivity index (χ2n) is 15.8. The van der Waals surface area contributed by atoms with E-state index in [0.717, 1.165) is 12.8 Å². The fourth-order valence-corrected chi connectivity index (χ4v) is 4.56. The minimum absolute atomic E-state index is 0.0199. The molecule has 1 fully saturated rings. The predicted octanol–water partition coefficient (Wildman–Crippen LogP) is 4.72. The second kappa shape index (κ2) is 27.2. The van der Waals surface area contributed by atoms with Gasteiger partial charge in [-0.3, -0.25) is 14.4 Å². The van der Waals surface area contributed by atoms with Crippen molar-refractivity contribution in [3.05, 3.63) is 0 Å². The Kier molecular flexibility index (Phi) is 28.2. The first kappa shape index (κ1) is 55.0. The van der Waals surface area contributed by atoms with E-state index in [1.165, 1.54) is 6.92 Å². The van der Waals surface area contributed by atoms with Crippen molar-refractivity contribution >= 4 is 17.7 Å². The van der Waals surface area contributed by atoms with Gasteiger partial charge in [0.25, 0.3) is 0 Å². The smallest absolute Gasteiger partial charge is 0.222 e. The number of nitriles is 1. The molecule has 0 unspecified atom stereocenters. The highest BCUT2D eigenvalue weighted by molar-refractivity contribution is 5.77. The Morgan fingerprint density at radius 1 is 0.849 bits per heavy atom. The van der Waals surface area contributed by atoms with Crippen molar-refractivity contribution in [2.24, 2.45) is 11.3 Å². The first-order valence-electron chi connectivity index (χ1n) is 19.2. The van der Waals surface area contributed by atoms with E-state index >= 15 is 0 Å². The third kappa shape index (κ3) is 27.8. The van der Waals surface area contributed by atoms with Crippen molar-refractivity contribution < 1.29 is 48.7 Å². The highest BCUT2D eigenvalue weighted by atomic mass is 16.7. The molecule has 0 aromatic rings. The minimum Gasteiger partial charge on any atom is -0.388 e. The fourth-order valence-electron chi connectivity index (χ4n) is 4.56. The van der Waals surface area contributed by atoms with Crippen LogP contribution >= 0.6 is 0 Å². The molecule has 1 saturated heterocycles. The fraction of sp³-hybridized carbons (Fsp3) is 0.897. The van der Waals surface area contributed by atoms with Crippen LogP contribution in [0.2, 0.25) is 0 Å². The molecule has 0 aromatic carbocycles. The lowest BCUT2D eigenvalue weighted by Crippen LogP contribution is -2.63. The Hall–Kier alpha value is -2.38. The molecular weight excluding hydrogens is 684 g/mol. The third-order valence-electron chi connectivity index (χ3n) is 7.26. The topological polar surface area (TPSA) is 209 Å². The summed E-state index contributed by atoms with van der Waals surface area (Å²) in [5.41, 5.74) is -1.61. The van der Waals surface area contributed by atoms with Crippen LogP contribution in [0.25, 0.3) is 0 Å². The van der Waals surface area contributed by atoms with Crippen LogP contribution in [0.3, 0.4) is 0 Å². The number of carbonyl (C=O) groups excluding carboxylic acids is 3. The number of hydrogen-bond acceptors (Lipinski definition) is 11. The maximum Gasteiger partial charge on any atom is 0.222 e. The zero-order valence-electron chi connectivity index (χ0n) is 36.0. The van der Waals surface area contributed by atoms with Crippen LogP contribution in [0.15, 0.2) is 0 Å². The summed E-state index contributed by atoms with van der Waals surface area (Å²) in [6.45, 7) is 32.3. The normalized spacial score (nSPS) is 20.2. The van der Waals surface area contributed by atoms with Gasteiger partial charge in [0.05, 0.1) is 34.9 Å². The highest BCUT2D eigenvalue weighted by Crippen LogP contribution is 2.24. The van der Waals surface area contributed by atoms with Gasteiger partial charge in [0.1, 0.15) is 18.2 Å². The SMILES string of the molecule is CC.CC.CC(=O)N[C@H]1[C@H](OCCCCCNC(=O)C(C)C)O[C@H](O)[C@H](O)[C@@H]1O.CC(C)(C#N)CCC(=O)NCC(C)(C)OCC(C)(C)OC(C)(C)C. The molecule has 1 aliphatic heterocycles. The lowest BCUT2D eigenvalue weighted by atomic mass is 9.90. The van der Waals surface area contributed by atoms with E-state index < -0.39 is 53.4 Å². The molecule has 1 rings (SSSR count). The zero-order chi connectivity index (χ0) is 42.2. The molecule has 14 heteroatoms. The summed E-state index contributed by atoms with van der Waals surface area (Å²) in [6.07, 6.45) is -2.40. The van der Waals surface area contributed by atoms with Gasteiger partial charge in [-0.25, -0.2) is 0 Å². The first-order chi connectivity index (χ1) is 24.3. The van der Waals surface area contributed by atoms with Crippen molar-refractivity contribution in [2.75, 3.05) is 26.3 Å². The molecule has 1 heterocycles. The van der Waals surface area contributed by atoms with Crippen LogP contribution in [0, 0.1) is 22.7 Å². The Bertz CT molecular complexity index is 1050. The number of aliphatic hydroxyl groups excluding tert-OH is 3. The van der Waals surface area contributed by atoms with Gasteiger partial charge >= 0.3 is 0 Å². The molecule has 0 aliphatic carbocycles. The molecule has 314 valence electrons. The van der Waals surface area contributed by atoms with Crippen LogP contribution in [0.1, 0.15) is 143 Å². The maximum atomic E-state index is 11.9. The maximum absolute atomic E-state index is 11.9. The van der Waals surface area contributed by atoms with E-state index in [0.29, 0.717) is 39.0 Å². The molecule has 5 atom stereocenters. The van der Waals surface area contributed by atoms with Crippen molar-refractivity contribution in [1.82, 2.24) is 16.0 Å². The summed E-state index contributed by atoms with van der Waals surface area (Å²) in [5, 5.41) is 46.3. The van der Waals surface area contributed by atoms with E-state index in [1.807, 2.05) is 104 Å². The average molecular weight is 763 g/mol. The number of aliphatic hydroxyl groups is 3. The summed E-state index contributed by atoms with van der Waals surface area (Å²) in [6, 6.07) is 1.23. The summed E-state index contributed by atoms with van der Waals surface area (Å²) >= 11 is 0. The molecule has 0 spiro atoms. The number of nitrogens with zero attached hydrogens (tertiary/aromatic N) is 1. The Labute approximate surface area is 321 Å². The minimum atomic E-state index is -1.59. The molecule has 14 nitrogen and oxygen atoms in total. The van der Waals surface area contributed by atoms with Gasteiger partial charge in [-0.2, -0.15) is 5.26 Å². The van der Waals surface area contributed by atoms with Crippen LogP contribution in [-0.4, -0.2) is 107 Å². The number of hydrogen-bond donors (Lipinski definition) is 6. The van der Waals surface area contributed by atoms with Crippen LogP contribution in [0.4, 0.5) is 0 Å². The predicted molar refractivity (Wildman–Crippen MR) is 207 cm³/mol. The van der Waals surface area contributed by atoms with Gasteiger partial charge in [0, 0.05) is 39.0 Å². The molecule has 6 N–H and O–H groups in total. The summed E-state index contributed by atoms with van der Waals surface area (Å²) in [7, 11) is 0. The van der Waals surface area contributed by atoms with Gasteiger partial charge in [0.2, 0.25) is 17.7 Å². The van der Waals surface area contributed by atoms with Gasteiger partial charge in [-0.05, 0) is 88.0 Å². The van der Waals surface area contributed by atoms with Crippen molar-refractivity contribution in [2.45, 2.75) is 191 Å². The van der Waals surface area contributed by atoms with Crippen LogP contribution < -0.4 is 16.0 Å². The van der Waals surface area contributed by atoms with Crippen molar-refractivity contribution in [1.29, 1.82) is 5.26 Å². The first-order valence-corrected chi connectivity index (χ1v) is 19.2. The number of nitrogens with one attached hydrogen (secondary N) is 3. The van der Waals surface area contributed by atoms with Gasteiger partial charge in [-0.15, -0.1) is 0 Å². The Morgan fingerprint density at radius 3 is 1.91 bits per heavy atom. The molecule has 53 heavy (non-hydrogen) atoms. The number of rotatable bonds is 18. The van der Waals surface area contributed by atoms with Gasteiger partial charge in [0.15, 0.2) is 12.6 Å². The molecule has 3 amide bonds. The highest BCUT2D eigenvalue weighted by Gasteiger charge is 2.45. The van der Waals surface area contributed by atoms with E-state index in [9.17, 15) is 29.7 Å². The van der Waals surface area contributed by atoms with Crippen LogP contribution in [-0.2, 0) is 33.3 Å². The Morgan fingerprint density at radius 2 is 1.42 bits per heavy atom. The standard InChI is InChI=1S/C19H36N2O3.C16H30N2O7.2C2H6/c1-16(2,3)24-19(8,9)14-23-18(6,7)13-21-15(22)10-11-17(4,5)12-20;1-9(2)14(22)17-7-5-4-6-8-24-16-11(18-10(3)19)12(20)13(21)15(23)25-16;2*1-2/h10-11,13-14H2,1-9H3,(H,21,22);9,11-13,15-16,20-21,23H,4-8H2,1-3H3,(H,17,22)(H,18,19);2*1-2H3/t;11-,12-,13-,15+,16-;;/m.1../s1. The summed E-state index contributed by atoms with van der Waals surface area (Å²) in [5.74, 6) is -0.483. The molecule has 0 aromatic heterocycles. The summed E-state index contributed by atoms with van der Waals surface area (Å²) < 4.78 is 22.6. The lowest BCUT2D eigenvalue weighted by Gasteiger charge is -2.40. The monoisotopic (exact) mass is 763 g/mol.